The molecule has 1 atom stereocenters. The van der Waals surface area contributed by atoms with Gasteiger partial charge in [-0.3, -0.25) is 0 Å². The van der Waals surface area contributed by atoms with E-state index in [1.54, 1.807) is 0 Å². The third-order valence-corrected chi connectivity index (χ3v) is 4.87. The van der Waals surface area contributed by atoms with Crippen LogP contribution in [0.15, 0.2) is 60.8 Å². The standard InChI is InChI=1S/C20H21N3O/c1-22-13-5-11-18(22)19-12-6-14-23(19)20(24)21-17-10-4-8-15-7-2-3-9-16(15)17/h2-5,7-11,13,19H,6,12,14H2,1H3,(H,21,24). The van der Waals surface area contributed by atoms with Gasteiger partial charge in [-0.05, 0) is 36.4 Å². The first-order valence-corrected chi connectivity index (χ1v) is 8.40. The molecule has 1 aromatic heterocycles. The Morgan fingerprint density at radius 3 is 2.75 bits per heavy atom. The first-order valence-electron chi connectivity index (χ1n) is 8.40. The average molecular weight is 319 g/mol. The Morgan fingerprint density at radius 2 is 1.92 bits per heavy atom. The number of anilines is 1. The van der Waals surface area contributed by atoms with Gasteiger partial charge in [0.05, 0.1) is 11.7 Å². The van der Waals surface area contributed by atoms with Crippen LogP contribution in [0.5, 0.6) is 0 Å². The van der Waals surface area contributed by atoms with E-state index >= 15 is 0 Å². The number of amides is 2. The molecule has 1 aliphatic heterocycles. The second kappa shape index (κ2) is 6.04. The molecule has 2 amide bonds. The van der Waals surface area contributed by atoms with Crippen molar-refractivity contribution in [1.82, 2.24) is 9.47 Å². The number of aromatic nitrogens is 1. The molecule has 1 fully saturated rings. The largest absolute Gasteiger partial charge is 0.353 e. The van der Waals surface area contributed by atoms with Crippen LogP contribution in [-0.2, 0) is 7.05 Å². The zero-order valence-corrected chi connectivity index (χ0v) is 13.8. The summed E-state index contributed by atoms with van der Waals surface area (Å²) in [4.78, 5) is 14.8. The molecule has 0 spiro atoms. The van der Waals surface area contributed by atoms with E-state index in [2.05, 4.69) is 28.1 Å². The molecule has 2 heterocycles. The van der Waals surface area contributed by atoms with Crippen LogP contribution < -0.4 is 5.32 Å². The van der Waals surface area contributed by atoms with Gasteiger partial charge < -0.3 is 14.8 Å². The number of urea groups is 1. The molecule has 4 rings (SSSR count). The lowest BCUT2D eigenvalue weighted by Crippen LogP contribution is -2.35. The molecule has 1 saturated heterocycles. The number of hydrogen-bond donors (Lipinski definition) is 1. The van der Waals surface area contributed by atoms with Crippen molar-refractivity contribution in [3.63, 3.8) is 0 Å². The second-order valence-electron chi connectivity index (χ2n) is 6.35. The predicted octanol–water partition coefficient (Wildman–Crippen LogP) is 4.55. The highest BCUT2D eigenvalue weighted by Gasteiger charge is 2.31. The van der Waals surface area contributed by atoms with E-state index in [9.17, 15) is 4.79 Å². The number of benzene rings is 2. The molecule has 3 aromatic rings. The van der Waals surface area contributed by atoms with Crippen molar-refractivity contribution in [2.24, 2.45) is 7.05 Å². The third-order valence-electron chi connectivity index (χ3n) is 4.87. The molecule has 0 aliphatic carbocycles. The van der Waals surface area contributed by atoms with Crippen molar-refractivity contribution in [2.45, 2.75) is 18.9 Å². The zero-order valence-electron chi connectivity index (χ0n) is 13.8. The quantitative estimate of drug-likeness (QED) is 0.739. The molecule has 1 N–H and O–H groups in total. The van der Waals surface area contributed by atoms with Crippen molar-refractivity contribution < 1.29 is 4.79 Å². The average Bonchev–Trinajstić information content (AvgIpc) is 3.23. The summed E-state index contributed by atoms with van der Waals surface area (Å²) in [6, 6.07) is 18.4. The number of aryl methyl sites for hydroxylation is 1. The lowest BCUT2D eigenvalue weighted by Gasteiger charge is -2.26. The smallest absolute Gasteiger partial charge is 0.322 e. The van der Waals surface area contributed by atoms with Crippen LogP contribution in [0, 0.1) is 0 Å². The topological polar surface area (TPSA) is 37.3 Å². The highest BCUT2D eigenvalue weighted by Crippen LogP contribution is 2.33. The molecule has 1 aliphatic rings. The number of carbonyl (C=O) groups is 1. The van der Waals surface area contributed by atoms with E-state index in [1.807, 2.05) is 54.5 Å². The van der Waals surface area contributed by atoms with E-state index in [4.69, 9.17) is 0 Å². The molecular formula is C20H21N3O. The van der Waals surface area contributed by atoms with Gasteiger partial charge >= 0.3 is 6.03 Å². The third kappa shape index (κ3) is 2.54. The van der Waals surface area contributed by atoms with Gasteiger partial charge in [0.25, 0.3) is 0 Å². The van der Waals surface area contributed by atoms with E-state index < -0.39 is 0 Å². The summed E-state index contributed by atoms with van der Waals surface area (Å²) in [6.07, 6.45) is 4.09. The lowest BCUT2D eigenvalue weighted by molar-refractivity contribution is 0.205. The van der Waals surface area contributed by atoms with E-state index in [0.29, 0.717) is 0 Å². The Balaban J connectivity index is 1.60. The lowest BCUT2D eigenvalue weighted by atomic mass is 10.1. The zero-order chi connectivity index (χ0) is 16.5. The first-order chi connectivity index (χ1) is 11.7. The van der Waals surface area contributed by atoms with Crippen molar-refractivity contribution in [3.8, 4) is 0 Å². The van der Waals surface area contributed by atoms with Gasteiger partial charge in [0.2, 0.25) is 0 Å². The van der Waals surface area contributed by atoms with Gasteiger partial charge in [-0.15, -0.1) is 0 Å². The van der Waals surface area contributed by atoms with Crippen LogP contribution in [-0.4, -0.2) is 22.0 Å². The highest BCUT2D eigenvalue weighted by atomic mass is 16.2. The van der Waals surface area contributed by atoms with Gasteiger partial charge in [0, 0.05) is 30.9 Å². The molecule has 2 aromatic carbocycles. The van der Waals surface area contributed by atoms with Crippen LogP contribution in [0.1, 0.15) is 24.6 Å². The van der Waals surface area contributed by atoms with E-state index in [-0.39, 0.29) is 12.1 Å². The maximum atomic E-state index is 12.9. The highest BCUT2D eigenvalue weighted by molar-refractivity contribution is 6.01. The Morgan fingerprint density at radius 1 is 1.08 bits per heavy atom. The summed E-state index contributed by atoms with van der Waals surface area (Å²) in [6.45, 7) is 0.798. The number of likely N-dealkylation sites (tertiary alicyclic amines) is 1. The minimum Gasteiger partial charge on any atom is -0.353 e. The van der Waals surface area contributed by atoms with Crippen LogP contribution in [0.4, 0.5) is 10.5 Å². The van der Waals surface area contributed by atoms with E-state index in [1.165, 1.54) is 5.69 Å². The van der Waals surface area contributed by atoms with Crippen LogP contribution in [0.2, 0.25) is 0 Å². The van der Waals surface area contributed by atoms with Crippen molar-refractivity contribution in [3.05, 3.63) is 66.5 Å². The number of nitrogens with one attached hydrogen (secondary N) is 1. The van der Waals surface area contributed by atoms with Gasteiger partial charge in [-0.1, -0.05) is 36.4 Å². The molecular weight excluding hydrogens is 298 g/mol. The molecule has 0 radical (unpaired) electrons. The number of rotatable bonds is 2. The summed E-state index contributed by atoms with van der Waals surface area (Å²) in [5.74, 6) is 0. The summed E-state index contributed by atoms with van der Waals surface area (Å²) in [5, 5.41) is 5.32. The SMILES string of the molecule is Cn1cccc1C1CCCN1C(=O)Nc1cccc2ccccc12. The Kier molecular flexibility index (Phi) is 3.73. The first kappa shape index (κ1) is 14.8. The number of hydrogen-bond acceptors (Lipinski definition) is 1. The van der Waals surface area contributed by atoms with Crippen molar-refractivity contribution in [1.29, 1.82) is 0 Å². The molecule has 0 saturated carbocycles. The minimum absolute atomic E-state index is 0.0185. The summed E-state index contributed by atoms with van der Waals surface area (Å²) in [7, 11) is 2.04. The number of nitrogens with zero attached hydrogens (tertiary/aromatic N) is 2. The number of carbonyl (C=O) groups excluding carboxylic acids is 1. The van der Waals surface area contributed by atoms with Crippen LogP contribution in [0.3, 0.4) is 0 Å². The summed E-state index contributed by atoms with van der Waals surface area (Å²) < 4.78 is 2.11. The maximum absolute atomic E-state index is 12.9. The van der Waals surface area contributed by atoms with E-state index in [0.717, 1.165) is 35.8 Å². The summed E-state index contributed by atoms with van der Waals surface area (Å²) in [5.41, 5.74) is 2.07. The monoisotopic (exact) mass is 319 g/mol. The normalized spacial score (nSPS) is 17.4. The Bertz CT molecular complexity index is 878. The minimum atomic E-state index is -0.0185. The van der Waals surface area contributed by atoms with Crippen molar-refractivity contribution >= 4 is 22.5 Å². The van der Waals surface area contributed by atoms with Gasteiger partial charge in [-0.25, -0.2) is 4.79 Å². The van der Waals surface area contributed by atoms with Crippen molar-refractivity contribution in [2.75, 3.05) is 11.9 Å². The van der Waals surface area contributed by atoms with Crippen LogP contribution in [0.25, 0.3) is 10.8 Å². The maximum Gasteiger partial charge on any atom is 0.322 e. The molecule has 4 heteroatoms. The Labute approximate surface area is 141 Å². The van der Waals surface area contributed by atoms with Crippen LogP contribution >= 0.6 is 0 Å². The predicted molar refractivity (Wildman–Crippen MR) is 97.1 cm³/mol. The van der Waals surface area contributed by atoms with Gasteiger partial charge in [0.1, 0.15) is 0 Å². The van der Waals surface area contributed by atoms with Gasteiger partial charge in [0.15, 0.2) is 0 Å². The number of fused-ring (bicyclic) bond motifs is 1. The second-order valence-corrected chi connectivity index (χ2v) is 6.35. The molecule has 0 bridgehead atoms. The Hall–Kier alpha value is -2.75. The molecule has 4 nitrogen and oxygen atoms in total. The molecule has 24 heavy (non-hydrogen) atoms. The fraction of sp³-hybridized carbons (Fsp3) is 0.250. The summed E-state index contributed by atoms with van der Waals surface area (Å²) >= 11 is 0. The fourth-order valence-corrected chi connectivity index (χ4v) is 3.66. The fourth-order valence-electron chi connectivity index (χ4n) is 3.66. The molecule has 122 valence electrons. The van der Waals surface area contributed by atoms with Gasteiger partial charge in [-0.2, -0.15) is 0 Å². The molecule has 1 unspecified atom stereocenters.